The molecule has 0 aliphatic rings. The Bertz CT molecular complexity index is 1170. The number of aromatic nitrogens is 2. The first-order valence-corrected chi connectivity index (χ1v) is 8.10. The molecule has 3 aromatic rings. The fourth-order valence-electron chi connectivity index (χ4n) is 2.71. The number of nitro groups is 1. The van der Waals surface area contributed by atoms with Crippen molar-refractivity contribution >= 4 is 34.0 Å². The van der Waals surface area contributed by atoms with Crippen LogP contribution in [0.15, 0.2) is 53.3 Å². The van der Waals surface area contributed by atoms with Crippen LogP contribution in [-0.2, 0) is 4.79 Å². The van der Waals surface area contributed by atoms with Crippen LogP contribution in [0.5, 0.6) is 0 Å². The monoisotopic (exact) mass is 382 g/mol. The second-order valence-electron chi connectivity index (χ2n) is 5.89. The summed E-state index contributed by atoms with van der Waals surface area (Å²) in [4.78, 5) is 47.2. The Hall–Kier alpha value is -4.08. The number of carboxylic acid groups (broad SMARTS) is 1. The maximum Gasteiger partial charge on any atom is 0.357 e. The predicted molar refractivity (Wildman–Crippen MR) is 99.4 cm³/mol. The van der Waals surface area contributed by atoms with Crippen LogP contribution < -0.4 is 10.9 Å². The van der Waals surface area contributed by atoms with E-state index in [2.05, 4.69) is 10.4 Å². The number of carbonyl (C=O) groups is 2. The normalized spacial score (nSPS) is 11.8. The third-order valence-corrected chi connectivity index (χ3v) is 4.14. The quantitative estimate of drug-likeness (QED) is 0.508. The lowest BCUT2D eigenvalue weighted by molar-refractivity contribution is -0.383. The highest BCUT2D eigenvalue weighted by molar-refractivity contribution is 6.01. The molecule has 142 valence electrons. The number of carboxylic acids is 1. The van der Waals surface area contributed by atoms with Gasteiger partial charge >= 0.3 is 5.97 Å². The molecule has 1 amide bonds. The summed E-state index contributed by atoms with van der Waals surface area (Å²) in [5.74, 6) is -2.10. The van der Waals surface area contributed by atoms with Gasteiger partial charge in [-0.3, -0.25) is 19.7 Å². The average Bonchev–Trinajstić information content (AvgIpc) is 2.68. The molecule has 0 bridgehead atoms. The Kier molecular flexibility index (Phi) is 4.86. The van der Waals surface area contributed by atoms with Gasteiger partial charge < -0.3 is 10.4 Å². The van der Waals surface area contributed by atoms with Gasteiger partial charge in [0.2, 0.25) is 5.91 Å². The Morgan fingerprint density at radius 1 is 1.14 bits per heavy atom. The molecule has 10 nitrogen and oxygen atoms in total. The van der Waals surface area contributed by atoms with Crippen LogP contribution in [-0.4, -0.2) is 31.7 Å². The first kappa shape index (κ1) is 18.7. The summed E-state index contributed by atoms with van der Waals surface area (Å²) in [6.07, 6.45) is 0. The Morgan fingerprint density at radius 3 is 2.39 bits per heavy atom. The SMILES string of the molecule is C[C@H](C(=O)Nc1ccccc1[N+](=O)[O-])n1nc(C(=O)O)c2ccccc2c1=O. The highest BCUT2D eigenvalue weighted by Gasteiger charge is 2.24. The number of para-hydroxylation sites is 2. The van der Waals surface area contributed by atoms with Crippen molar-refractivity contribution in [3.05, 3.63) is 74.7 Å². The summed E-state index contributed by atoms with van der Waals surface area (Å²) in [5, 5.41) is 27.0. The molecule has 3 rings (SSSR count). The van der Waals surface area contributed by atoms with Crippen molar-refractivity contribution in [2.24, 2.45) is 0 Å². The van der Waals surface area contributed by atoms with Crippen molar-refractivity contribution in [2.45, 2.75) is 13.0 Å². The van der Waals surface area contributed by atoms with Crippen LogP contribution >= 0.6 is 0 Å². The number of amides is 1. The number of fused-ring (bicyclic) bond motifs is 1. The molecule has 0 unspecified atom stereocenters. The van der Waals surface area contributed by atoms with Crippen LogP contribution in [0, 0.1) is 10.1 Å². The number of nitrogens with zero attached hydrogens (tertiary/aromatic N) is 3. The van der Waals surface area contributed by atoms with Crippen molar-refractivity contribution in [1.82, 2.24) is 9.78 Å². The second-order valence-corrected chi connectivity index (χ2v) is 5.89. The fraction of sp³-hybridized carbons (Fsp3) is 0.111. The zero-order valence-electron chi connectivity index (χ0n) is 14.5. The molecule has 0 radical (unpaired) electrons. The molecule has 0 saturated carbocycles. The van der Waals surface area contributed by atoms with Crippen LogP contribution in [0.2, 0.25) is 0 Å². The summed E-state index contributed by atoms with van der Waals surface area (Å²) in [6, 6.07) is 10.4. The maximum atomic E-state index is 12.7. The van der Waals surface area contributed by atoms with E-state index in [1.54, 1.807) is 12.1 Å². The molecule has 0 spiro atoms. The zero-order chi connectivity index (χ0) is 20.4. The maximum absolute atomic E-state index is 12.7. The summed E-state index contributed by atoms with van der Waals surface area (Å²) in [7, 11) is 0. The van der Waals surface area contributed by atoms with Gasteiger partial charge in [0.05, 0.1) is 10.3 Å². The van der Waals surface area contributed by atoms with E-state index in [4.69, 9.17) is 0 Å². The summed E-state index contributed by atoms with van der Waals surface area (Å²) < 4.78 is 0.760. The second kappa shape index (κ2) is 7.27. The first-order chi connectivity index (χ1) is 13.3. The van der Waals surface area contributed by atoms with E-state index >= 15 is 0 Å². The number of nitro benzene ring substituents is 1. The van der Waals surface area contributed by atoms with E-state index < -0.39 is 28.4 Å². The lowest BCUT2D eigenvalue weighted by atomic mass is 10.1. The minimum absolute atomic E-state index is 0.0448. The van der Waals surface area contributed by atoms with Gasteiger partial charge in [-0.15, -0.1) is 0 Å². The third kappa shape index (κ3) is 3.30. The number of hydrogen-bond acceptors (Lipinski definition) is 6. The first-order valence-electron chi connectivity index (χ1n) is 8.10. The van der Waals surface area contributed by atoms with E-state index in [0.717, 1.165) is 4.68 Å². The lowest BCUT2D eigenvalue weighted by Crippen LogP contribution is -2.35. The van der Waals surface area contributed by atoms with Gasteiger partial charge in [0, 0.05) is 11.5 Å². The molecule has 0 aliphatic heterocycles. The molecular formula is C18H14N4O6. The van der Waals surface area contributed by atoms with Gasteiger partial charge in [-0.2, -0.15) is 5.10 Å². The molecular weight excluding hydrogens is 368 g/mol. The number of hydrogen-bond donors (Lipinski definition) is 2. The zero-order valence-corrected chi connectivity index (χ0v) is 14.5. The number of carbonyl (C=O) groups excluding carboxylic acids is 1. The van der Waals surface area contributed by atoms with Crippen molar-refractivity contribution in [1.29, 1.82) is 0 Å². The summed E-state index contributed by atoms with van der Waals surface area (Å²) >= 11 is 0. The molecule has 1 atom stereocenters. The smallest absolute Gasteiger partial charge is 0.357 e. The Balaban J connectivity index is 2.04. The Labute approximate surface area is 157 Å². The largest absolute Gasteiger partial charge is 0.476 e. The third-order valence-electron chi connectivity index (χ3n) is 4.14. The van der Waals surface area contributed by atoms with Crippen molar-refractivity contribution in [2.75, 3.05) is 5.32 Å². The minimum Gasteiger partial charge on any atom is -0.476 e. The molecule has 10 heteroatoms. The molecule has 0 saturated heterocycles. The standard InChI is InChI=1S/C18H14N4O6/c1-10(16(23)19-13-8-4-5-9-14(13)22(27)28)21-17(24)12-7-3-2-6-11(12)15(20-21)18(25)26/h2-10H,1H3,(H,19,23)(H,25,26)/t10-/m1/s1. The number of rotatable bonds is 5. The van der Waals surface area contributed by atoms with Crippen LogP contribution in [0.25, 0.3) is 10.8 Å². The number of anilines is 1. The molecule has 28 heavy (non-hydrogen) atoms. The van der Waals surface area contributed by atoms with E-state index in [1.165, 1.54) is 43.3 Å². The van der Waals surface area contributed by atoms with Crippen molar-refractivity contribution in [3.63, 3.8) is 0 Å². The molecule has 0 aliphatic carbocycles. The molecule has 1 heterocycles. The van der Waals surface area contributed by atoms with Crippen molar-refractivity contribution in [3.8, 4) is 0 Å². The number of aromatic carboxylic acids is 1. The van der Waals surface area contributed by atoms with Gasteiger partial charge in [0.1, 0.15) is 11.7 Å². The van der Waals surface area contributed by atoms with Crippen LogP contribution in [0.4, 0.5) is 11.4 Å². The average molecular weight is 382 g/mol. The van der Waals surface area contributed by atoms with Gasteiger partial charge in [0.25, 0.3) is 11.2 Å². The van der Waals surface area contributed by atoms with Gasteiger partial charge in [-0.25, -0.2) is 9.48 Å². The summed E-state index contributed by atoms with van der Waals surface area (Å²) in [5.41, 5.74) is -1.38. The number of benzene rings is 2. The highest BCUT2D eigenvalue weighted by Crippen LogP contribution is 2.24. The molecule has 1 aromatic heterocycles. The minimum atomic E-state index is -1.35. The van der Waals surface area contributed by atoms with Gasteiger partial charge in [-0.05, 0) is 19.1 Å². The van der Waals surface area contributed by atoms with E-state index in [0.29, 0.717) is 0 Å². The van der Waals surface area contributed by atoms with Crippen LogP contribution in [0.3, 0.4) is 0 Å². The highest BCUT2D eigenvalue weighted by atomic mass is 16.6. The lowest BCUT2D eigenvalue weighted by Gasteiger charge is -2.15. The van der Waals surface area contributed by atoms with E-state index in [9.17, 15) is 29.6 Å². The van der Waals surface area contributed by atoms with Crippen LogP contribution in [0.1, 0.15) is 23.5 Å². The topological polar surface area (TPSA) is 144 Å². The Morgan fingerprint density at radius 2 is 1.75 bits per heavy atom. The molecule has 2 N–H and O–H groups in total. The van der Waals surface area contributed by atoms with Gasteiger partial charge in [-0.1, -0.05) is 30.3 Å². The van der Waals surface area contributed by atoms with E-state index in [1.807, 2.05) is 0 Å². The molecule has 0 fully saturated rings. The number of nitrogens with one attached hydrogen (secondary N) is 1. The van der Waals surface area contributed by atoms with Gasteiger partial charge in [0.15, 0.2) is 5.69 Å². The van der Waals surface area contributed by atoms with Crippen molar-refractivity contribution < 1.29 is 19.6 Å². The predicted octanol–water partition coefficient (Wildman–Crippen LogP) is 2.20. The fourth-order valence-corrected chi connectivity index (χ4v) is 2.71. The molecule has 2 aromatic carbocycles. The summed E-state index contributed by atoms with van der Waals surface area (Å²) in [6.45, 7) is 1.35. The van der Waals surface area contributed by atoms with E-state index in [-0.39, 0.29) is 27.8 Å².